The maximum Gasteiger partial charge on any atom is 0.263 e. The number of nitrogens with one attached hydrogen (secondary N) is 1. The van der Waals surface area contributed by atoms with Crippen LogP contribution in [0.4, 0.5) is 11.5 Å². The van der Waals surface area contributed by atoms with Gasteiger partial charge < -0.3 is 9.42 Å². The average Bonchev–Trinajstić information content (AvgIpc) is 3.00. The van der Waals surface area contributed by atoms with E-state index in [2.05, 4.69) is 9.88 Å². The van der Waals surface area contributed by atoms with Gasteiger partial charge in [0.25, 0.3) is 10.0 Å². The van der Waals surface area contributed by atoms with Gasteiger partial charge in [0.2, 0.25) is 5.91 Å². The van der Waals surface area contributed by atoms with E-state index >= 15 is 0 Å². The van der Waals surface area contributed by atoms with Gasteiger partial charge in [-0.25, -0.2) is 8.42 Å². The van der Waals surface area contributed by atoms with Gasteiger partial charge in [-0.2, -0.15) is 0 Å². The highest BCUT2D eigenvalue weighted by Crippen LogP contribution is 2.34. The Morgan fingerprint density at radius 2 is 2.17 bits per heavy atom. The Morgan fingerprint density at radius 1 is 1.43 bits per heavy atom. The Hall–Kier alpha value is -2.35. The first-order valence-corrected chi connectivity index (χ1v) is 8.64. The lowest BCUT2D eigenvalue weighted by Gasteiger charge is -2.20. The summed E-state index contributed by atoms with van der Waals surface area (Å²) in [6, 6.07) is 4.79. The van der Waals surface area contributed by atoms with Crippen LogP contribution in [-0.4, -0.2) is 25.5 Å². The zero-order valence-electron chi connectivity index (χ0n) is 13.0. The Labute approximate surface area is 134 Å². The van der Waals surface area contributed by atoms with E-state index in [0.29, 0.717) is 12.0 Å². The van der Waals surface area contributed by atoms with E-state index < -0.39 is 10.0 Å². The number of carbonyl (C=O) groups is 1. The van der Waals surface area contributed by atoms with Gasteiger partial charge in [0.05, 0.1) is 4.90 Å². The minimum atomic E-state index is -3.76. The van der Waals surface area contributed by atoms with Crippen LogP contribution in [0.3, 0.4) is 0 Å². The normalized spacial score (nSPS) is 17.2. The third-order valence-electron chi connectivity index (χ3n) is 3.89. The SMILES string of the molecule is CC(=O)N1c2ccc(S(=O)(=O)Nc3nocc3C)cc2C[C@@H]1C. The number of carbonyl (C=O) groups excluding carboxylic acids is 1. The smallest absolute Gasteiger partial charge is 0.263 e. The number of rotatable bonds is 3. The van der Waals surface area contributed by atoms with E-state index in [1.807, 2.05) is 6.92 Å². The molecule has 1 amide bonds. The summed E-state index contributed by atoms with van der Waals surface area (Å²) >= 11 is 0. The van der Waals surface area contributed by atoms with Crippen molar-refractivity contribution in [2.45, 2.75) is 38.1 Å². The van der Waals surface area contributed by atoms with Gasteiger partial charge in [0.15, 0.2) is 5.82 Å². The van der Waals surface area contributed by atoms with Crippen LogP contribution in [-0.2, 0) is 21.2 Å². The molecule has 23 heavy (non-hydrogen) atoms. The number of sulfonamides is 1. The van der Waals surface area contributed by atoms with E-state index in [1.165, 1.54) is 19.3 Å². The van der Waals surface area contributed by atoms with Crippen molar-refractivity contribution in [3.05, 3.63) is 35.6 Å². The van der Waals surface area contributed by atoms with Gasteiger partial charge in [-0.3, -0.25) is 9.52 Å². The zero-order chi connectivity index (χ0) is 16.8. The van der Waals surface area contributed by atoms with Crippen LogP contribution in [0, 0.1) is 6.92 Å². The first kappa shape index (κ1) is 15.5. The number of nitrogens with zero attached hydrogens (tertiary/aromatic N) is 2. The molecule has 1 aliphatic heterocycles. The lowest BCUT2D eigenvalue weighted by atomic mass is 10.1. The highest BCUT2D eigenvalue weighted by atomic mass is 32.2. The maximum atomic E-state index is 12.5. The molecule has 0 bridgehead atoms. The van der Waals surface area contributed by atoms with Crippen molar-refractivity contribution in [2.24, 2.45) is 0 Å². The number of anilines is 2. The van der Waals surface area contributed by atoms with E-state index in [4.69, 9.17) is 4.52 Å². The number of fused-ring (bicyclic) bond motifs is 1. The first-order valence-electron chi connectivity index (χ1n) is 7.16. The largest absolute Gasteiger partial charge is 0.362 e. The highest BCUT2D eigenvalue weighted by molar-refractivity contribution is 7.92. The molecule has 7 nitrogen and oxygen atoms in total. The van der Waals surface area contributed by atoms with E-state index in [0.717, 1.165) is 11.3 Å². The van der Waals surface area contributed by atoms with Crippen LogP contribution in [0.15, 0.2) is 33.9 Å². The molecular formula is C15H17N3O4S. The second-order valence-electron chi connectivity index (χ2n) is 5.68. The van der Waals surface area contributed by atoms with Crippen LogP contribution in [0.1, 0.15) is 25.0 Å². The monoisotopic (exact) mass is 335 g/mol. The molecular weight excluding hydrogens is 318 g/mol. The summed E-state index contributed by atoms with van der Waals surface area (Å²) in [6.45, 7) is 5.14. The van der Waals surface area contributed by atoms with Gasteiger partial charge in [-0.15, -0.1) is 0 Å². The minimum absolute atomic E-state index is 0.0196. The third kappa shape index (κ3) is 2.70. The number of aryl methyl sites for hydroxylation is 1. The number of aromatic nitrogens is 1. The molecule has 1 N–H and O–H groups in total. The predicted molar refractivity (Wildman–Crippen MR) is 84.8 cm³/mol. The lowest BCUT2D eigenvalue weighted by Crippen LogP contribution is -2.33. The summed E-state index contributed by atoms with van der Waals surface area (Å²) < 4.78 is 32.1. The fourth-order valence-corrected chi connectivity index (χ4v) is 3.94. The van der Waals surface area contributed by atoms with Crippen molar-refractivity contribution in [1.29, 1.82) is 0 Å². The quantitative estimate of drug-likeness (QED) is 0.927. The fourth-order valence-electron chi connectivity index (χ4n) is 2.83. The van der Waals surface area contributed by atoms with E-state index in [-0.39, 0.29) is 22.7 Å². The number of hydrogen-bond acceptors (Lipinski definition) is 5. The summed E-state index contributed by atoms with van der Waals surface area (Å²) in [5.74, 6) is 0.118. The zero-order valence-corrected chi connectivity index (χ0v) is 13.8. The van der Waals surface area contributed by atoms with Crippen LogP contribution in [0.5, 0.6) is 0 Å². The molecule has 2 aromatic rings. The van der Waals surface area contributed by atoms with E-state index in [1.54, 1.807) is 24.0 Å². The molecule has 0 saturated carbocycles. The molecule has 1 atom stereocenters. The van der Waals surface area contributed by atoms with Crippen molar-refractivity contribution < 1.29 is 17.7 Å². The number of benzene rings is 1. The second kappa shape index (κ2) is 5.38. The molecule has 0 fully saturated rings. The first-order chi connectivity index (χ1) is 10.8. The molecule has 0 radical (unpaired) electrons. The Kier molecular flexibility index (Phi) is 3.63. The summed E-state index contributed by atoms with van der Waals surface area (Å²) in [5.41, 5.74) is 2.21. The van der Waals surface area contributed by atoms with Crippen molar-refractivity contribution in [3.8, 4) is 0 Å². The molecule has 1 aliphatic rings. The molecule has 8 heteroatoms. The van der Waals surface area contributed by atoms with Crippen LogP contribution < -0.4 is 9.62 Å². The Balaban J connectivity index is 1.95. The van der Waals surface area contributed by atoms with Gasteiger partial charge >= 0.3 is 0 Å². The molecule has 0 spiro atoms. The minimum Gasteiger partial charge on any atom is -0.362 e. The summed E-state index contributed by atoms with van der Waals surface area (Å²) in [4.78, 5) is 13.5. The molecule has 1 aromatic heterocycles. The lowest BCUT2D eigenvalue weighted by molar-refractivity contribution is -0.116. The number of hydrogen-bond donors (Lipinski definition) is 1. The van der Waals surface area contributed by atoms with Crippen molar-refractivity contribution in [1.82, 2.24) is 5.16 Å². The highest BCUT2D eigenvalue weighted by Gasteiger charge is 2.30. The third-order valence-corrected chi connectivity index (χ3v) is 5.23. The Morgan fingerprint density at radius 3 is 2.78 bits per heavy atom. The second-order valence-corrected chi connectivity index (χ2v) is 7.37. The topological polar surface area (TPSA) is 92.5 Å². The predicted octanol–water partition coefficient (Wildman–Crippen LogP) is 2.08. The van der Waals surface area contributed by atoms with Crippen LogP contribution >= 0.6 is 0 Å². The molecule has 122 valence electrons. The molecule has 0 aliphatic carbocycles. The van der Waals surface area contributed by atoms with Crippen molar-refractivity contribution in [2.75, 3.05) is 9.62 Å². The Bertz CT molecular complexity index is 873. The number of amides is 1. The average molecular weight is 335 g/mol. The summed E-state index contributed by atoms with van der Waals surface area (Å²) in [5, 5.41) is 3.63. The standard InChI is InChI=1S/C15H17N3O4S/c1-9-8-22-16-15(9)17-23(20,21)13-4-5-14-12(7-13)6-10(2)18(14)11(3)19/h4-5,7-8,10H,6H2,1-3H3,(H,16,17)/t10-/m0/s1. The fraction of sp³-hybridized carbons (Fsp3) is 0.333. The molecule has 1 aromatic carbocycles. The van der Waals surface area contributed by atoms with Gasteiger partial charge in [0.1, 0.15) is 6.26 Å². The summed E-state index contributed by atoms with van der Waals surface area (Å²) in [6.07, 6.45) is 1.99. The van der Waals surface area contributed by atoms with Gasteiger partial charge in [-0.1, -0.05) is 5.16 Å². The molecule has 0 unspecified atom stereocenters. The van der Waals surface area contributed by atoms with Crippen molar-refractivity contribution in [3.63, 3.8) is 0 Å². The maximum absolute atomic E-state index is 12.5. The van der Waals surface area contributed by atoms with Crippen molar-refractivity contribution >= 4 is 27.4 Å². The molecule has 2 heterocycles. The van der Waals surface area contributed by atoms with Crippen LogP contribution in [0.25, 0.3) is 0 Å². The van der Waals surface area contributed by atoms with E-state index in [9.17, 15) is 13.2 Å². The van der Waals surface area contributed by atoms with Gasteiger partial charge in [0, 0.05) is 24.2 Å². The summed E-state index contributed by atoms with van der Waals surface area (Å²) in [7, 11) is -3.76. The molecule has 3 rings (SSSR count). The molecule has 0 saturated heterocycles. The van der Waals surface area contributed by atoms with Gasteiger partial charge in [-0.05, 0) is 44.0 Å². The van der Waals surface area contributed by atoms with Crippen LogP contribution in [0.2, 0.25) is 0 Å².